The summed E-state index contributed by atoms with van der Waals surface area (Å²) in [7, 11) is -3.68. The Hall–Kier alpha value is -0.690. The minimum Gasteiger partial charge on any atom is -0.367 e. The molecule has 1 aromatic rings. The zero-order valence-corrected chi connectivity index (χ0v) is 13.6. The third kappa shape index (κ3) is 3.14. The quantitative estimate of drug-likeness (QED) is 0.785. The molecule has 0 spiro atoms. The predicted octanol–water partition coefficient (Wildman–Crippen LogP) is 2.31. The summed E-state index contributed by atoms with van der Waals surface area (Å²) in [6, 6.07) is 3.04. The summed E-state index contributed by atoms with van der Waals surface area (Å²) in [4.78, 5) is 3.88. The fraction of sp³-hybridized carbons (Fsp3) is 0.615. The Bertz CT molecular complexity index is 598. The van der Waals surface area contributed by atoms with Crippen molar-refractivity contribution in [1.29, 1.82) is 0 Å². The molecule has 20 heavy (non-hydrogen) atoms. The van der Waals surface area contributed by atoms with Crippen LogP contribution in [0.15, 0.2) is 23.2 Å². The molecule has 0 amide bonds. The Morgan fingerprint density at radius 2 is 1.80 bits per heavy atom. The van der Waals surface area contributed by atoms with Gasteiger partial charge >= 0.3 is 0 Å². The number of rotatable bonds is 2. The lowest BCUT2D eigenvalue weighted by atomic mass is 10.0. The van der Waals surface area contributed by atoms with E-state index in [0.717, 1.165) is 0 Å². The Morgan fingerprint density at radius 3 is 2.30 bits per heavy atom. The Morgan fingerprint density at radius 1 is 1.25 bits per heavy atom. The number of halogens is 1. The lowest BCUT2D eigenvalue weighted by Gasteiger charge is -2.46. The molecule has 1 aliphatic rings. The molecule has 0 saturated carbocycles. The molecular weight excluding hydrogens is 300 g/mol. The molecule has 0 radical (unpaired) electrons. The monoisotopic (exact) mass is 318 g/mol. The fourth-order valence-corrected chi connectivity index (χ4v) is 4.76. The smallest absolute Gasteiger partial charge is 0.246 e. The van der Waals surface area contributed by atoms with Gasteiger partial charge in [0.2, 0.25) is 10.0 Å². The van der Waals surface area contributed by atoms with Crippen molar-refractivity contribution >= 4 is 21.6 Å². The topological polar surface area (TPSA) is 59.5 Å². The van der Waals surface area contributed by atoms with Crippen LogP contribution in [-0.4, -0.2) is 42.0 Å². The molecule has 112 valence electrons. The van der Waals surface area contributed by atoms with E-state index in [1.807, 2.05) is 27.7 Å². The molecule has 1 aliphatic heterocycles. The molecule has 0 aliphatic carbocycles. The predicted molar refractivity (Wildman–Crippen MR) is 77.2 cm³/mol. The molecule has 2 rings (SSSR count). The third-order valence-corrected chi connectivity index (χ3v) is 5.25. The number of morpholine rings is 1. The standard InChI is InChI=1S/C13H19ClN2O3S/c1-12(2)8-16(9-13(3,4)19-12)20(17,18)10-6-5-7-15-11(10)14/h5-7H,8-9H2,1-4H3. The second kappa shape index (κ2) is 4.94. The Balaban J connectivity index is 2.42. The molecule has 2 heterocycles. The molecule has 0 unspecified atom stereocenters. The molecule has 0 atom stereocenters. The van der Waals surface area contributed by atoms with E-state index in [1.54, 1.807) is 6.07 Å². The van der Waals surface area contributed by atoms with Crippen molar-refractivity contribution in [2.24, 2.45) is 0 Å². The van der Waals surface area contributed by atoms with E-state index < -0.39 is 21.2 Å². The SMILES string of the molecule is CC1(C)CN(S(=O)(=O)c2cccnc2Cl)CC(C)(C)O1. The van der Waals surface area contributed by atoms with Crippen LogP contribution in [0.4, 0.5) is 0 Å². The molecule has 0 bridgehead atoms. The molecule has 1 saturated heterocycles. The van der Waals surface area contributed by atoms with Crippen LogP contribution < -0.4 is 0 Å². The van der Waals surface area contributed by atoms with Gasteiger partial charge in [0.1, 0.15) is 10.0 Å². The maximum Gasteiger partial charge on any atom is 0.246 e. The van der Waals surface area contributed by atoms with Gasteiger partial charge in [0, 0.05) is 19.3 Å². The summed E-state index contributed by atoms with van der Waals surface area (Å²) in [6.07, 6.45) is 1.47. The van der Waals surface area contributed by atoms with Gasteiger partial charge in [-0.2, -0.15) is 4.31 Å². The van der Waals surface area contributed by atoms with Crippen molar-refractivity contribution in [1.82, 2.24) is 9.29 Å². The highest BCUT2D eigenvalue weighted by molar-refractivity contribution is 7.89. The van der Waals surface area contributed by atoms with E-state index in [1.165, 1.54) is 16.6 Å². The van der Waals surface area contributed by atoms with Gasteiger partial charge in [0.25, 0.3) is 0 Å². The molecule has 1 aromatic heterocycles. The van der Waals surface area contributed by atoms with Crippen molar-refractivity contribution in [3.05, 3.63) is 23.5 Å². The van der Waals surface area contributed by atoms with E-state index in [-0.39, 0.29) is 23.1 Å². The van der Waals surface area contributed by atoms with Crippen molar-refractivity contribution in [2.75, 3.05) is 13.1 Å². The largest absolute Gasteiger partial charge is 0.367 e. The molecular formula is C13H19ClN2O3S. The van der Waals surface area contributed by atoms with Crippen LogP contribution in [0.5, 0.6) is 0 Å². The Kier molecular flexibility index (Phi) is 3.88. The summed E-state index contributed by atoms with van der Waals surface area (Å²) in [5.74, 6) is 0. The van der Waals surface area contributed by atoms with Crippen LogP contribution >= 0.6 is 11.6 Å². The van der Waals surface area contributed by atoms with Gasteiger partial charge in [0.15, 0.2) is 0 Å². The lowest BCUT2D eigenvalue weighted by molar-refractivity contribution is -0.163. The highest BCUT2D eigenvalue weighted by atomic mass is 35.5. The van der Waals surface area contributed by atoms with E-state index in [2.05, 4.69) is 4.98 Å². The first kappa shape index (κ1) is 15.7. The van der Waals surface area contributed by atoms with Gasteiger partial charge in [0.05, 0.1) is 11.2 Å². The third-order valence-electron chi connectivity index (χ3n) is 3.01. The zero-order valence-electron chi connectivity index (χ0n) is 12.1. The van der Waals surface area contributed by atoms with Crippen molar-refractivity contribution in [3.63, 3.8) is 0 Å². The number of pyridine rings is 1. The number of sulfonamides is 1. The molecule has 0 N–H and O–H groups in total. The van der Waals surface area contributed by atoms with Crippen LogP contribution in [0.25, 0.3) is 0 Å². The molecule has 0 aromatic carbocycles. The van der Waals surface area contributed by atoms with Gasteiger partial charge < -0.3 is 4.74 Å². The first-order valence-corrected chi connectivity index (χ1v) is 8.16. The maximum atomic E-state index is 12.7. The summed E-state index contributed by atoms with van der Waals surface area (Å²) in [6.45, 7) is 8.07. The van der Waals surface area contributed by atoms with Gasteiger partial charge in [-0.25, -0.2) is 13.4 Å². The van der Waals surface area contributed by atoms with Gasteiger partial charge in [-0.1, -0.05) is 11.6 Å². The van der Waals surface area contributed by atoms with Crippen molar-refractivity contribution < 1.29 is 13.2 Å². The van der Waals surface area contributed by atoms with Gasteiger partial charge in [-0.05, 0) is 39.8 Å². The van der Waals surface area contributed by atoms with Crippen LogP contribution in [0.2, 0.25) is 5.15 Å². The average molecular weight is 319 g/mol. The maximum absolute atomic E-state index is 12.7. The minimum atomic E-state index is -3.68. The highest BCUT2D eigenvalue weighted by Crippen LogP contribution is 2.32. The number of nitrogens with zero attached hydrogens (tertiary/aromatic N) is 2. The van der Waals surface area contributed by atoms with Crippen LogP contribution in [0, 0.1) is 0 Å². The van der Waals surface area contributed by atoms with E-state index in [9.17, 15) is 8.42 Å². The van der Waals surface area contributed by atoms with Crippen LogP contribution in [0.3, 0.4) is 0 Å². The Labute approximate surface area is 125 Å². The highest BCUT2D eigenvalue weighted by Gasteiger charge is 2.43. The van der Waals surface area contributed by atoms with E-state index >= 15 is 0 Å². The van der Waals surface area contributed by atoms with Crippen molar-refractivity contribution in [3.8, 4) is 0 Å². The minimum absolute atomic E-state index is 0.00500. The lowest BCUT2D eigenvalue weighted by Crippen LogP contribution is -2.58. The van der Waals surface area contributed by atoms with Crippen LogP contribution in [0.1, 0.15) is 27.7 Å². The van der Waals surface area contributed by atoms with E-state index in [4.69, 9.17) is 16.3 Å². The fourth-order valence-electron chi connectivity index (χ4n) is 2.59. The molecule has 5 nitrogen and oxygen atoms in total. The summed E-state index contributed by atoms with van der Waals surface area (Å²) in [5, 5.41) is -0.00500. The molecule has 1 fully saturated rings. The van der Waals surface area contributed by atoms with E-state index in [0.29, 0.717) is 0 Å². The summed E-state index contributed by atoms with van der Waals surface area (Å²) >= 11 is 5.92. The summed E-state index contributed by atoms with van der Waals surface area (Å²) < 4.78 is 32.8. The average Bonchev–Trinajstić information content (AvgIpc) is 2.25. The number of ether oxygens (including phenoxy) is 1. The second-order valence-electron chi connectivity index (χ2n) is 6.19. The molecule has 7 heteroatoms. The number of hydrogen-bond acceptors (Lipinski definition) is 4. The van der Waals surface area contributed by atoms with Gasteiger partial charge in [-0.15, -0.1) is 0 Å². The summed E-state index contributed by atoms with van der Waals surface area (Å²) in [5.41, 5.74) is -1.10. The van der Waals surface area contributed by atoms with Gasteiger partial charge in [-0.3, -0.25) is 0 Å². The normalized spacial score (nSPS) is 22.6. The first-order valence-electron chi connectivity index (χ1n) is 6.34. The number of aromatic nitrogens is 1. The first-order chi connectivity index (χ1) is 9.04. The van der Waals surface area contributed by atoms with Crippen molar-refractivity contribution in [2.45, 2.75) is 43.8 Å². The zero-order chi connectivity index (χ0) is 15.2. The number of hydrogen-bond donors (Lipinski definition) is 0. The van der Waals surface area contributed by atoms with Crippen LogP contribution in [-0.2, 0) is 14.8 Å². The second-order valence-corrected chi connectivity index (χ2v) is 8.45.